The SMILES string of the molecule is CCN1CCC(NCC(C)(C)C)CC1C. The number of piperidine rings is 1. The van der Waals surface area contributed by atoms with Crippen LogP contribution < -0.4 is 5.32 Å². The van der Waals surface area contributed by atoms with E-state index in [2.05, 4.69) is 44.8 Å². The smallest absolute Gasteiger partial charge is 0.00942 e. The summed E-state index contributed by atoms with van der Waals surface area (Å²) in [5, 5.41) is 3.71. The first-order valence-electron chi connectivity index (χ1n) is 6.40. The maximum atomic E-state index is 3.71. The maximum Gasteiger partial charge on any atom is 0.00942 e. The van der Waals surface area contributed by atoms with E-state index in [-0.39, 0.29) is 0 Å². The van der Waals surface area contributed by atoms with E-state index in [1.807, 2.05) is 0 Å². The van der Waals surface area contributed by atoms with Crippen LogP contribution in [0.3, 0.4) is 0 Å². The highest BCUT2D eigenvalue weighted by atomic mass is 15.2. The predicted octanol–water partition coefficient (Wildman–Crippen LogP) is 2.49. The second kappa shape index (κ2) is 5.31. The van der Waals surface area contributed by atoms with Crippen molar-refractivity contribution in [3.63, 3.8) is 0 Å². The van der Waals surface area contributed by atoms with E-state index in [1.54, 1.807) is 0 Å². The molecule has 2 heteroatoms. The van der Waals surface area contributed by atoms with Gasteiger partial charge in [0.25, 0.3) is 0 Å². The second-order valence-corrected chi connectivity index (χ2v) is 6.14. The van der Waals surface area contributed by atoms with E-state index in [0.717, 1.165) is 18.6 Å². The molecule has 0 amide bonds. The van der Waals surface area contributed by atoms with Crippen molar-refractivity contribution < 1.29 is 0 Å². The number of hydrogen-bond acceptors (Lipinski definition) is 2. The highest BCUT2D eigenvalue weighted by Gasteiger charge is 2.24. The maximum absolute atomic E-state index is 3.71. The zero-order valence-corrected chi connectivity index (χ0v) is 11.1. The van der Waals surface area contributed by atoms with Crippen LogP contribution in [0.25, 0.3) is 0 Å². The van der Waals surface area contributed by atoms with Crippen LogP contribution in [0.15, 0.2) is 0 Å². The summed E-state index contributed by atoms with van der Waals surface area (Å²) in [5.41, 5.74) is 0.408. The Morgan fingerprint density at radius 1 is 1.33 bits per heavy atom. The summed E-state index contributed by atoms with van der Waals surface area (Å²) in [5.74, 6) is 0. The quantitative estimate of drug-likeness (QED) is 0.773. The summed E-state index contributed by atoms with van der Waals surface area (Å²) in [6, 6.07) is 1.49. The van der Waals surface area contributed by atoms with Gasteiger partial charge < -0.3 is 10.2 Å². The number of nitrogens with one attached hydrogen (secondary N) is 1. The van der Waals surface area contributed by atoms with Crippen molar-refractivity contribution in [2.24, 2.45) is 5.41 Å². The lowest BCUT2D eigenvalue weighted by atomic mass is 9.93. The van der Waals surface area contributed by atoms with Crippen LogP contribution in [-0.4, -0.2) is 36.6 Å². The fraction of sp³-hybridized carbons (Fsp3) is 1.00. The Hall–Kier alpha value is -0.0800. The molecule has 0 aromatic carbocycles. The molecule has 1 rings (SSSR count). The molecule has 2 atom stereocenters. The van der Waals surface area contributed by atoms with Gasteiger partial charge in [-0.25, -0.2) is 0 Å². The Morgan fingerprint density at radius 3 is 2.47 bits per heavy atom. The molecule has 2 nitrogen and oxygen atoms in total. The summed E-state index contributed by atoms with van der Waals surface area (Å²) in [7, 11) is 0. The van der Waals surface area contributed by atoms with Crippen LogP contribution in [0.2, 0.25) is 0 Å². The van der Waals surface area contributed by atoms with Crippen molar-refractivity contribution >= 4 is 0 Å². The van der Waals surface area contributed by atoms with Crippen LogP contribution in [0.4, 0.5) is 0 Å². The van der Waals surface area contributed by atoms with Gasteiger partial charge in [0.15, 0.2) is 0 Å². The third-order valence-corrected chi connectivity index (χ3v) is 3.34. The van der Waals surface area contributed by atoms with Crippen LogP contribution in [0, 0.1) is 5.41 Å². The molecule has 0 aromatic heterocycles. The Bertz CT molecular complexity index is 183. The van der Waals surface area contributed by atoms with Crippen LogP contribution >= 0.6 is 0 Å². The van der Waals surface area contributed by atoms with Gasteiger partial charge >= 0.3 is 0 Å². The second-order valence-electron chi connectivity index (χ2n) is 6.14. The minimum absolute atomic E-state index is 0.408. The summed E-state index contributed by atoms with van der Waals surface area (Å²) in [6.07, 6.45) is 2.62. The summed E-state index contributed by atoms with van der Waals surface area (Å²) >= 11 is 0. The van der Waals surface area contributed by atoms with Gasteiger partial charge in [-0.2, -0.15) is 0 Å². The normalized spacial score (nSPS) is 29.4. The molecule has 1 N–H and O–H groups in total. The van der Waals surface area contributed by atoms with Gasteiger partial charge in [0, 0.05) is 18.6 Å². The number of hydrogen-bond donors (Lipinski definition) is 1. The Balaban J connectivity index is 2.29. The highest BCUT2D eigenvalue weighted by molar-refractivity contribution is 4.83. The van der Waals surface area contributed by atoms with Gasteiger partial charge in [0.1, 0.15) is 0 Å². The molecule has 0 saturated carbocycles. The van der Waals surface area contributed by atoms with E-state index in [9.17, 15) is 0 Å². The van der Waals surface area contributed by atoms with Crippen molar-refractivity contribution in [3.8, 4) is 0 Å². The van der Waals surface area contributed by atoms with Gasteiger partial charge in [-0.15, -0.1) is 0 Å². The molecule has 1 heterocycles. The first-order valence-corrected chi connectivity index (χ1v) is 6.40. The number of rotatable bonds is 3. The predicted molar refractivity (Wildman–Crippen MR) is 67.2 cm³/mol. The van der Waals surface area contributed by atoms with E-state index < -0.39 is 0 Å². The fourth-order valence-electron chi connectivity index (χ4n) is 2.33. The van der Waals surface area contributed by atoms with Crippen LogP contribution in [0.5, 0.6) is 0 Å². The molecule has 0 radical (unpaired) electrons. The minimum atomic E-state index is 0.408. The van der Waals surface area contributed by atoms with Gasteiger partial charge in [-0.05, 0) is 38.3 Å². The first kappa shape index (κ1) is 13.0. The summed E-state index contributed by atoms with van der Waals surface area (Å²) in [6.45, 7) is 15.1. The number of nitrogens with zero attached hydrogens (tertiary/aromatic N) is 1. The molecule has 1 saturated heterocycles. The molecular formula is C13H28N2. The van der Waals surface area contributed by atoms with Crippen molar-refractivity contribution in [3.05, 3.63) is 0 Å². The van der Waals surface area contributed by atoms with Crippen molar-refractivity contribution in [2.45, 2.75) is 59.5 Å². The lowest BCUT2D eigenvalue weighted by molar-refractivity contribution is 0.138. The van der Waals surface area contributed by atoms with Gasteiger partial charge in [-0.1, -0.05) is 27.7 Å². The van der Waals surface area contributed by atoms with Crippen molar-refractivity contribution in [1.29, 1.82) is 0 Å². The Kier molecular flexibility index (Phi) is 4.60. The third kappa shape index (κ3) is 4.52. The van der Waals surface area contributed by atoms with Crippen molar-refractivity contribution in [1.82, 2.24) is 10.2 Å². The molecule has 1 aliphatic rings. The molecule has 90 valence electrons. The molecule has 1 aliphatic heterocycles. The zero-order valence-electron chi connectivity index (χ0n) is 11.1. The zero-order chi connectivity index (χ0) is 11.5. The van der Waals surface area contributed by atoms with Crippen LogP contribution in [-0.2, 0) is 0 Å². The van der Waals surface area contributed by atoms with Gasteiger partial charge in [0.05, 0.1) is 0 Å². The molecule has 15 heavy (non-hydrogen) atoms. The lowest BCUT2D eigenvalue weighted by Crippen LogP contribution is -2.48. The van der Waals surface area contributed by atoms with Gasteiger partial charge in [0.2, 0.25) is 0 Å². The molecule has 0 spiro atoms. The van der Waals surface area contributed by atoms with Gasteiger partial charge in [-0.3, -0.25) is 0 Å². The monoisotopic (exact) mass is 212 g/mol. The summed E-state index contributed by atoms with van der Waals surface area (Å²) in [4.78, 5) is 2.58. The average Bonchev–Trinajstić information content (AvgIpc) is 2.14. The lowest BCUT2D eigenvalue weighted by Gasteiger charge is -2.38. The molecule has 1 fully saturated rings. The standard InChI is InChI=1S/C13H28N2/c1-6-15-8-7-12(9-11(15)2)14-10-13(3,4)5/h11-12,14H,6-10H2,1-5H3. The highest BCUT2D eigenvalue weighted by Crippen LogP contribution is 2.18. The topological polar surface area (TPSA) is 15.3 Å². The molecular weight excluding hydrogens is 184 g/mol. The molecule has 2 unspecified atom stereocenters. The van der Waals surface area contributed by atoms with E-state index in [1.165, 1.54) is 25.9 Å². The third-order valence-electron chi connectivity index (χ3n) is 3.34. The average molecular weight is 212 g/mol. The number of likely N-dealkylation sites (tertiary alicyclic amines) is 1. The molecule has 0 aliphatic carbocycles. The fourth-order valence-corrected chi connectivity index (χ4v) is 2.33. The van der Waals surface area contributed by atoms with E-state index >= 15 is 0 Å². The van der Waals surface area contributed by atoms with Crippen molar-refractivity contribution in [2.75, 3.05) is 19.6 Å². The first-order chi connectivity index (χ1) is 6.92. The molecule has 0 bridgehead atoms. The van der Waals surface area contributed by atoms with E-state index in [4.69, 9.17) is 0 Å². The van der Waals surface area contributed by atoms with E-state index in [0.29, 0.717) is 5.41 Å². The largest absolute Gasteiger partial charge is 0.313 e. The Labute approximate surface area is 95.4 Å². The Morgan fingerprint density at radius 2 is 2.00 bits per heavy atom. The molecule has 0 aromatic rings. The summed E-state index contributed by atoms with van der Waals surface area (Å²) < 4.78 is 0. The van der Waals surface area contributed by atoms with Crippen LogP contribution in [0.1, 0.15) is 47.5 Å². The minimum Gasteiger partial charge on any atom is -0.313 e.